The number of hydrogen-bond acceptors (Lipinski definition) is 5. The Morgan fingerprint density at radius 3 is 3.20 bits per heavy atom. The van der Waals surface area contributed by atoms with Gasteiger partial charge in [-0.3, -0.25) is 9.55 Å². The number of aromatic amines is 1. The van der Waals surface area contributed by atoms with Crippen LogP contribution in [-0.4, -0.2) is 32.5 Å². The lowest BCUT2D eigenvalue weighted by atomic mass is 10.2. The van der Waals surface area contributed by atoms with Gasteiger partial charge in [-0.25, -0.2) is 9.89 Å². The second-order valence-corrected chi connectivity index (χ2v) is 5.61. The van der Waals surface area contributed by atoms with Crippen LogP contribution < -0.4 is 5.69 Å². The average Bonchev–Trinajstić information content (AvgIpc) is 3.10. The largest absolute Gasteiger partial charge is 0.376 e. The van der Waals surface area contributed by atoms with Crippen molar-refractivity contribution in [3.8, 4) is 0 Å². The van der Waals surface area contributed by atoms with Crippen molar-refractivity contribution >= 4 is 11.8 Å². The molecule has 1 saturated heterocycles. The normalized spacial score (nSPS) is 18.5. The second kappa shape index (κ2) is 6.23. The van der Waals surface area contributed by atoms with Crippen molar-refractivity contribution in [2.24, 2.45) is 0 Å². The van der Waals surface area contributed by atoms with Gasteiger partial charge < -0.3 is 4.74 Å². The molecule has 0 spiro atoms. The standard InChI is InChI=1S/C13H16N4O2S/c18-12-15-16-13(17(12)8-11-5-3-7-19-11)20-9-10-4-1-2-6-14-10/h1-2,4,6,11H,3,5,7-9H2,(H,15,18). The summed E-state index contributed by atoms with van der Waals surface area (Å²) >= 11 is 1.51. The number of H-pyrrole nitrogens is 1. The lowest BCUT2D eigenvalue weighted by Crippen LogP contribution is -2.24. The fraction of sp³-hybridized carbons (Fsp3) is 0.462. The predicted molar refractivity (Wildman–Crippen MR) is 75.6 cm³/mol. The van der Waals surface area contributed by atoms with E-state index in [1.54, 1.807) is 10.8 Å². The first kappa shape index (κ1) is 13.4. The van der Waals surface area contributed by atoms with Gasteiger partial charge in [0.15, 0.2) is 5.16 Å². The number of nitrogens with zero attached hydrogens (tertiary/aromatic N) is 3. The number of aromatic nitrogens is 4. The van der Waals surface area contributed by atoms with E-state index in [0.29, 0.717) is 17.5 Å². The van der Waals surface area contributed by atoms with Gasteiger partial charge in [0, 0.05) is 18.6 Å². The highest BCUT2D eigenvalue weighted by Gasteiger charge is 2.19. The molecular formula is C13H16N4O2S. The Hall–Kier alpha value is -1.60. The van der Waals surface area contributed by atoms with Crippen molar-refractivity contribution in [3.05, 3.63) is 40.6 Å². The number of hydrogen-bond donors (Lipinski definition) is 1. The lowest BCUT2D eigenvalue weighted by Gasteiger charge is -2.10. The van der Waals surface area contributed by atoms with E-state index in [9.17, 15) is 4.79 Å². The summed E-state index contributed by atoms with van der Waals surface area (Å²) in [4.78, 5) is 16.1. The molecule has 0 bridgehead atoms. The van der Waals surface area contributed by atoms with Crippen LogP contribution in [0.3, 0.4) is 0 Å². The maximum Gasteiger partial charge on any atom is 0.344 e. The topological polar surface area (TPSA) is 72.8 Å². The van der Waals surface area contributed by atoms with Gasteiger partial charge in [0.25, 0.3) is 0 Å². The maximum atomic E-state index is 11.8. The van der Waals surface area contributed by atoms with E-state index in [4.69, 9.17) is 4.74 Å². The van der Waals surface area contributed by atoms with Crippen LogP contribution in [0.15, 0.2) is 34.3 Å². The van der Waals surface area contributed by atoms with E-state index in [1.165, 1.54) is 11.8 Å². The highest BCUT2D eigenvalue weighted by molar-refractivity contribution is 7.98. The Morgan fingerprint density at radius 2 is 2.45 bits per heavy atom. The van der Waals surface area contributed by atoms with Gasteiger partial charge in [0.1, 0.15) is 0 Å². The van der Waals surface area contributed by atoms with Gasteiger partial charge >= 0.3 is 5.69 Å². The molecule has 1 aliphatic heterocycles. The first-order valence-corrected chi connectivity index (χ1v) is 7.61. The Balaban J connectivity index is 1.68. The van der Waals surface area contributed by atoms with Gasteiger partial charge in [-0.2, -0.15) is 0 Å². The molecule has 1 aliphatic rings. The third-order valence-corrected chi connectivity index (χ3v) is 4.22. The SMILES string of the molecule is O=c1[nH]nc(SCc2ccccn2)n1CC1CCCO1. The van der Waals surface area contributed by atoms with Crippen LogP contribution in [0.2, 0.25) is 0 Å². The number of pyridine rings is 1. The van der Waals surface area contributed by atoms with Gasteiger partial charge in [-0.1, -0.05) is 17.8 Å². The molecule has 0 amide bonds. The molecule has 1 N–H and O–H groups in total. The molecule has 3 heterocycles. The zero-order chi connectivity index (χ0) is 13.8. The van der Waals surface area contributed by atoms with E-state index in [1.807, 2.05) is 18.2 Å². The maximum absolute atomic E-state index is 11.8. The Labute approximate surface area is 120 Å². The summed E-state index contributed by atoms with van der Waals surface area (Å²) in [6.07, 6.45) is 3.95. The molecule has 0 saturated carbocycles. The summed E-state index contributed by atoms with van der Waals surface area (Å²) in [7, 11) is 0. The van der Waals surface area contributed by atoms with Crippen LogP contribution >= 0.6 is 11.8 Å². The van der Waals surface area contributed by atoms with Crippen molar-refractivity contribution in [3.63, 3.8) is 0 Å². The fourth-order valence-electron chi connectivity index (χ4n) is 2.19. The van der Waals surface area contributed by atoms with Crippen molar-refractivity contribution in [1.29, 1.82) is 0 Å². The molecule has 3 rings (SSSR count). The second-order valence-electron chi connectivity index (χ2n) is 4.67. The van der Waals surface area contributed by atoms with Gasteiger partial charge in [-0.05, 0) is 25.0 Å². The number of thioether (sulfide) groups is 1. The molecule has 1 unspecified atom stereocenters. The summed E-state index contributed by atoms with van der Waals surface area (Å²) in [6, 6.07) is 5.80. The van der Waals surface area contributed by atoms with Crippen molar-refractivity contribution in [1.82, 2.24) is 19.7 Å². The summed E-state index contributed by atoms with van der Waals surface area (Å²) in [5.74, 6) is 0.691. The minimum absolute atomic E-state index is 0.125. The van der Waals surface area contributed by atoms with Crippen LogP contribution in [0.1, 0.15) is 18.5 Å². The average molecular weight is 292 g/mol. The molecule has 6 nitrogen and oxygen atoms in total. The van der Waals surface area contributed by atoms with Gasteiger partial charge in [-0.15, -0.1) is 5.10 Å². The van der Waals surface area contributed by atoms with Crippen LogP contribution in [0, 0.1) is 0 Å². The van der Waals surface area contributed by atoms with Crippen LogP contribution in [0.25, 0.3) is 0 Å². The molecule has 106 valence electrons. The number of nitrogens with one attached hydrogen (secondary N) is 1. The smallest absolute Gasteiger partial charge is 0.344 e. The van der Waals surface area contributed by atoms with Crippen LogP contribution in [-0.2, 0) is 17.0 Å². The Bertz CT molecular complexity index is 604. The van der Waals surface area contributed by atoms with E-state index < -0.39 is 0 Å². The molecule has 1 atom stereocenters. The quantitative estimate of drug-likeness (QED) is 0.844. The summed E-state index contributed by atoms with van der Waals surface area (Å²) in [5.41, 5.74) is 0.792. The number of rotatable bonds is 5. The molecule has 0 radical (unpaired) electrons. The Kier molecular flexibility index (Phi) is 4.17. The zero-order valence-electron chi connectivity index (χ0n) is 11.0. The molecule has 1 fully saturated rings. The van der Waals surface area contributed by atoms with Crippen LogP contribution in [0.4, 0.5) is 0 Å². The van der Waals surface area contributed by atoms with Crippen molar-refractivity contribution in [2.75, 3.05) is 6.61 Å². The molecular weight excluding hydrogens is 276 g/mol. The summed E-state index contributed by atoms with van der Waals surface area (Å²) < 4.78 is 7.23. The Morgan fingerprint density at radius 1 is 1.50 bits per heavy atom. The number of ether oxygens (including phenoxy) is 1. The third-order valence-electron chi connectivity index (χ3n) is 3.21. The molecule has 2 aromatic heterocycles. The molecule has 2 aromatic rings. The van der Waals surface area contributed by atoms with Crippen molar-refractivity contribution in [2.45, 2.75) is 36.4 Å². The predicted octanol–water partition coefficient (Wildman–Crippen LogP) is 1.44. The third kappa shape index (κ3) is 3.10. The molecule has 0 aliphatic carbocycles. The summed E-state index contributed by atoms with van der Waals surface area (Å²) in [6.45, 7) is 1.35. The van der Waals surface area contributed by atoms with E-state index in [-0.39, 0.29) is 11.8 Å². The van der Waals surface area contributed by atoms with E-state index in [0.717, 1.165) is 25.1 Å². The first-order valence-electron chi connectivity index (χ1n) is 6.62. The molecule has 7 heteroatoms. The molecule has 20 heavy (non-hydrogen) atoms. The highest BCUT2D eigenvalue weighted by Crippen LogP contribution is 2.20. The lowest BCUT2D eigenvalue weighted by molar-refractivity contribution is 0.0941. The van der Waals surface area contributed by atoms with Crippen LogP contribution in [0.5, 0.6) is 0 Å². The fourth-order valence-corrected chi connectivity index (χ4v) is 3.06. The zero-order valence-corrected chi connectivity index (χ0v) is 11.8. The summed E-state index contributed by atoms with van der Waals surface area (Å²) in [5, 5.41) is 7.28. The minimum atomic E-state index is -0.177. The first-order chi connectivity index (χ1) is 9.83. The minimum Gasteiger partial charge on any atom is -0.376 e. The highest BCUT2D eigenvalue weighted by atomic mass is 32.2. The van der Waals surface area contributed by atoms with Crippen molar-refractivity contribution < 1.29 is 4.74 Å². The van der Waals surface area contributed by atoms with E-state index >= 15 is 0 Å². The van der Waals surface area contributed by atoms with Gasteiger partial charge in [0.05, 0.1) is 18.3 Å². The van der Waals surface area contributed by atoms with Gasteiger partial charge in [0.2, 0.25) is 0 Å². The monoisotopic (exact) mass is 292 g/mol. The van der Waals surface area contributed by atoms with E-state index in [2.05, 4.69) is 15.2 Å². The molecule has 0 aromatic carbocycles.